The van der Waals surface area contributed by atoms with E-state index in [4.69, 9.17) is 23.8 Å². The van der Waals surface area contributed by atoms with Crippen molar-refractivity contribution in [2.75, 3.05) is 5.73 Å². The molecule has 1 heterocycles. The lowest BCUT2D eigenvalue weighted by atomic mass is 10.2. The Labute approximate surface area is 121 Å². The molecule has 2 aromatic rings. The van der Waals surface area contributed by atoms with Gasteiger partial charge in [-0.25, -0.2) is 27.9 Å². The van der Waals surface area contributed by atoms with E-state index in [0.29, 0.717) is 9.13 Å². The van der Waals surface area contributed by atoms with Crippen LogP contribution < -0.4 is 22.8 Å². The third-order valence-electron chi connectivity index (χ3n) is 2.64. The SMILES string of the molecule is C#CCn1c(=O)[nH]c(=O)n(-c2cc(N)c(F)cc2Cl)c1=O. The Morgan fingerprint density at radius 3 is 2.62 bits per heavy atom. The molecule has 1 aromatic carbocycles. The summed E-state index contributed by atoms with van der Waals surface area (Å²) in [5.41, 5.74) is 1.93. The standard InChI is InChI=1S/C12H8ClFN4O3/c1-2-3-17-10(19)16-11(20)18(12(17)21)9-5-8(15)7(14)4-6(9)13/h1,4-5H,3,15H2,(H,16,19,20). The Bertz CT molecular complexity index is 935. The Hall–Kier alpha value is -2.79. The molecule has 3 N–H and O–H groups in total. The number of H-pyrrole nitrogens is 1. The summed E-state index contributed by atoms with van der Waals surface area (Å²) in [6, 6.07) is 1.87. The van der Waals surface area contributed by atoms with E-state index in [1.54, 1.807) is 0 Å². The monoisotopic (exact) mass is 310 g/mol. The van der Waals surface area contributed by atoms with Crippen molar-refractivity contribution in [2.24, 2.45) is 0 Å². The van der Waals surface area contributed by atoms with Crippen molar-refractivity contribution in [3.63, 3.8) is 0 Å². The molecular weight excluding hydrogens is 303 g/mol. The van der Waals surface area contributed by atoms with E-state index in [9.17, 15) is 18.8 Å². The van der Waals surface area contributed by atoms with Crippen molar-refractivity contribution in [2.45, 2.75) is 6.54 Å². The van der Waals surface area contributed by atoms with Crippen LogP contribution in [0.5, 0.6) is 0 Å². The van der Waals surface area contributed by atoms with E-state index in [1.807, 2.05) is 4.98 Å². The molecule has 0 aliphatic rings. The van der Waals surface area contributed by atoms with Gasteiger partial charge in [-0.15, -0.1) is 6.42 Å². The highest BCUT2D eigenvalue weighted by atomic mass is 35.5. The number of nitrogen functional groups attached to an aromatic ring is 1. The van der Waals surface area contributed by atoms with Crippen LogP contribution in [0.3, 0.4) is 0 Å². The molecule has 0 saturated heterocycles. The molecule has 9 heteroatoms. The second kappa shape index (κ2) is 5.30. The van der Waals surface area contributed by atoms with Crippen molar-refractivity contribution in [3.05, 3.63) is 54.4 Å². The summed E-state index contributed by atoms with van der Waals surface area (Å²) in [6.07, 6.45) is 5.05. The molecule has 0 unspecified atom stereocenters. The van der Waals surface area contributed by atoms with Crippen LogP contribution >= 0.6 is 11.6 Å². The summed E-state index contributed by atoms with van der Waals surface area (Å²) in [6.45, 7) is -0.345. The maximum Gasteiger partial charge on any atom is 0.341 e. The lowest BCUT2D eigenvalue weighted by Crippen LogP contribution is -2.48. The minimum absolute atomic E-state index is 0.160. The number of aromatic nitrogens is 3. The molecule has 0 fully saturated rings. The number of hydrogen-bond donors (Lipinski definition) is 2. The van der Waals surface area contributed by atoms with Crippen LogP contribution in [0.1, 0.15) is 0 Å². The van der Waals surface area contributed by atoms with Crippen LogP contribution in [0.4, 0.5) is 10.1 Å². The number of benzene rings is 1. The van der Waals surface area contributed by atoms with E-state index in [2.05, 4.69) is 5.92 Å². The van der Waals surface area contributed by atoms with Crippen LogP contribution in [0.25, 0.3) is 5.69 Å². The highest BCUT2D eigenvalue weighted by Crippen LogP contribution is 2.23. The molecule has 0 aliphatic carbocycles. The number of anilines is 1. The summed E-state index contributed by atoms with van der Waals surface area (Å²) in [5.74, 6) is 1.31. The Morgan fingerprint density at radius 1 is 1.33 bits per heavy atom. The van der Waals surface area contributed by atoms with E-state index in [0.717, 1.165) is 12.1 Å². The Morgan fingerprint density at radius 2 is 2.00 bits per heavy atom. The predicted octanol–water partition coefficient (Wildman–Crippen LogP) is -0.305. The van der Waals surface area contributed by atoms with E-state index >= 15 is 0 Å². The summed E-state index contributed by atoms with van der Waals surface area (Å²) in [4.78, 5) is 37.4. The number of rotatable bonds is 2. The number of nitrogens with one attached hydrogen (secondary N) is 1. The fraction of sp³-hybridized carbons (Fsp3) is 0.0833. The molecule has 7 nitrogen and oxygen atoms in total. The van der Waals surface area contributed by atoms with Crippen LogP contribution in [-0.4, -0.2) is 14.1 Å². The first kappa shape index (κ1) is 14.6. The first-order valence-electron chi connectivity index (χ1n) is 5.51. The Kier molecular flexibility index (Phi) is 3.69. The van der Waals surface area contributed by atoms with Gasteiger partial charge in [-0.3, -0.25) is 4.98 Å². The second-order valence-corrected chi connectivity index (χ2v) is 4.38. The van der Waals surface area contributed by atoms with Crippen molar-refractivity contribution in [1.29, 1.82) is 0 Å². The molecule has 1 aromatic heterocycles. The van der Waals surface area contributed by atoms with Gasteiger partial charge in [0.2, 0.25) is 0 Å². The Balaban J connectivity index is 2.89. The zero-order chi connectivity index (χ0) is 15.7. The molecule has 0 amide bonds. The summed E-state index contributed by atoms with van der Waals surface area (Å²) in [5, 5.41) is -0.222. The number of nitrogens with two attached hydrogens (primary N) is 1. The molecule has 0 radical (unpaired) electrons. The number of hydrogen-bond acceptors (Lipinski definition) is 4. The van der Waals surface area contributed by atoms with Crippen LogP contribution in [0.2, 0.25) is 5.02 Å². The highest BCUT2D eigenvalue weighted by molar-refractivity contribution is 6.32. The maximum atomic E-state index is 13.3. The molecule has 21 heavy (non-hydrogen) atoms. The molecule has 0 aliphatic heterocycles. The van der Waals surface area contributed by atoms with Crippen LogP contribution in [-0.2, 0) is 6.54 Å². The third kappa shape index (κ3) is 2.46. The molecule has 0 saturated carbocycles. The van der Waals surface area contributed by atoms with E-state index < -0.39 is 22.9 Å². The van der Waals surface area contributed by atoms with Gasteiger partial charge in [0.15, 0.2) is 0 Å². The highest BCUT2D eigenvalue weighted by Gasteiger charge is 2.15. The van der Waals surface area contributed by atoms with Crippen LogP contribution in [0, 0.1) is 18.2 Å². The smallest absolute Gasteiger partial charge is 0.341 e. The lowest BCUT2D eigenvalue weighted by Gasteiger charge is -2.10. The van der Waals surface area contributed by atoms with Gasteiger partial charge in [0.25, 0.3) is 0 Å². The number of halogens is 2. The third-order valence-corrected chi connectivity index (χ3v) is 2.94. The molecule has 0 atom stereocenters. The molecular formula is C12H8ClFN4O3. The normalized spacial score (nSPS) is 10.3. The van der Waals surface area contributed by atoms with Crippen molar-refractivity contribution in [1.82, 2.24) is 14.1 Å². The zero-order valence-corrected chi connectivity index (χ0v) is 11.1. The molecule has 0 bridgehead atoms. The minimum atomic E-state index is -1.04. The first-order valence-corrected chi connectivity index (χ1v) is 5.89. The molecule has 0 spiro atoms. The average Bonchev–Trinajstić information content (AvgIpc) is 2.40. The van der Waals surface area contributed by atoms with E-state index in [-0.39, 0.29) is 22.9 Å². The number of terminal acetylenes is 1. The molecule has 2 rings (SSSR count). The molecule has 108 valence electrons. The van der Waals surface area contributed by atoms with Crippen molar-refractivity contribution in [3.8, 4) is 18.0 Å². The summed E-state index contributed by atoms with van der Waals surface area (Å²) >= 11 is 5.81. The van der Waals surface area contributed by atoms with Gasteiger partial charge in [0, 0.05) is 0 Å². The van der Waals surface area contributed by atoms with Gasteiger partial charge in [-0.05, 0) is 12.1 Å². The second-order valence-electron chi connectivity index (χ2n) is 3.97. The number of aromatic amines is 1. The fourth-order valence-corrected chi connectivity index (χ4v) is 1.91. The van der Waals surface area contributed by atoms with Gasteiger partial charge in [0.05, 0.1) is 22.9 Å². The van der Waals surface area contributed by atoms with Gasteiger partial charge >= 0.3 is 17.1 Å². The average molecular weight is 311 g/mol. The first-order chi connectivity index (χ1) is 9.86. The summed E-state index contributed by atoms with van der Waals surface area (Å²) in [7, 11) is 0. The minimum Gasteiger partial charge on any atom is -0.396 e. The fourth-order valence-electron chi connectivity index (χ4n) is 1.68. The maximum absolute atomic E-state index is 13.3. The summed E-state index contributed by atoms with van der Waals surface area (Å²) < 4.78 is 14.5. The van der Waals surface area contributed by atoms with Gasteiger partial charge in [-0.2, -0.15) is 0 Å². The predicted molar refractivity (Wildman–Crippen MR) is 75.1 cm³/mol. The van der Waals surface area contributed by atoms with Crippen LogP contribution in [0.15, 0.2) is 26.5 Å². The van der Waals surface area contributed by atoms with Gasteiger partial charge in [-0.1, -0.05) is 17.5 Å². The number of nitrogens with zero attached hydrogens (tertiary/aromatic N) is 2. The lowest BCUT2D eigenvalue weighted by molar-refractivity contribution is 0.623. The largest absolute Gasteiger partial charge is 0.396 e. The topological polar surface area (TPSA) is 103 Å². The van der Waals surface area contributed by atoms with Gasteiger partial charge in [0.1, 0.15) is 5.82 Å². The van der Waals surface area contributed by atoms with Gasteiger partial charge < -0.3 is 5.73 Å². The quantitative estimate of drug-likeness (QED) is 0.587. The van der Waals surface area contributed by atoms with Crippen molar-refractivity contribution < 1.29 is 4.39 Å². The van der Waals surface area contributed by atoms with E-state index in [1.165, 1.54) is 0 Å². The zero-order valence-electron chi connectivity index (χ0n) is 10.4. The van der Waals surface area contributed by atoms with Crippen molar-refractivity contribution >= 4 is 17.3 Å².